The molecule has 0 aromatic heterocycles. The Kier molecular flexibility index (Phi) is 5.24. The number of nitrogens with two attached hydrogens (primary N) is 1. The van der Waals surface area contributed by atoms with E-state index in [0.29, 0.717) is 17.5 Å². The van der Waals surface area contributed by atoms with Crippen molar-refractivity contribution in [2.75, 3.05) is 6.54 Å². The molecule has 0 radical (unpaired) electrons. The van der Waals surface area contributed by atoms with Crippen molar-refractivity contribution >= 4 is 30.2 Å². The van der Waals surface area contributed by atoms with Crippen LogP contribution in [0.2, 0.25) is 0 Å². The molecule has 1 aliphatic heterocycles. The molecule has 3 N–H and O–H groups in total. The van der Waals surface area contributed by atoms with Gasteiger partial charge in [0.25, 0.3) is 11.8 Å². The minimum atomic E-state index is -1.08. The van der Waals surface area contributed by atoms with Crippen LogP contribution >= 0.6 is 12.4 Å². The van der Waals surface area contributed by atoms with Crippen molar-refractivity contribution in [3.63, 3.8) is 0 Å². The Balaban J connectivity index is 0.00000200. The Morgan fingerprint density at radius 2 is 1.70 bits per heavy atom. The maximum Gasteiger partial charge on any atom is 0.320 e. The Morgan fingerprint density at radius 3 is 2.15 bits per heavy atom. The van der Waals surface area contributed by atoms with E-state index in [9.17, 15) is 14.4 Å². The van der Waals surface area contributed by atoms with Gasteiger partial charge >= 0.3 is 5.97 Å². The zero-order valence-electron chi connectivity index (χ0n) is 10.6. The van der Waals surface area contributed by atoms with Gasteiger partial charge in [-0.25, -0.2) is 0 Å². The number of carboxylic acid groups (broad SMARTS) is 1. The summed E-state index contributed by atoms with van der Waals surface area (Å²) in [7, 11) is 0. The normalized spacial score (nSPS) is 14.8. The van der Waals surface area contributed by atoms with Crippen molar-refractivity contribution in [1.29, 1.82) is 0 Å². The summed E-state index contributed by atoms with van der Waals surface area (Å²) in [5.74, 6) is -1.74. The van der Waals surface area contributed by atoms with Crippen LogP contribution in [0.3, 0.4) is 0 Å². The summed E-state index contributed by atoms with van der Waals surface area (Å²) in [5.41, 5.74) is 6.16. The molecular formula is C13H15ClN2O4. The van der Waals surface area contributed by atoms with Crippen LogP contribution in [0.15, 0.2) is 24.3 Å². The first-order valence-corrected chi connectivity index (χ1v) is 5.96. The van der Waals surface area contributed by atoms with Crippen molar-refractivity contribution in [3.8, 4) is 0 Å². The summed E-state index contributed by atoms with van der Waals surface area (Å²) < 4.78 is 0. The van der Waals surface area contributed by atoms with Crippen molar-refractivity contribution in [1.82, 2.24) is 4.90 Å². The number of carboxylic acids is 1. The van der Waals surface area contributed by atoms with Gasteiger partial charge in [0.1, 0.15) is 6.04 Å². The molecule has 108 valence electrons. The van der Waals surface area contributed by atoms with Gasteiger partial charge in [-0.1, -0.05) is 12.1 Å². The molecule has 1 aliphatic rings. The summed E-state index contributed by atoms with van der Waals surface area (Å²) >= 11 is 0. The Labute approximate surface area is 122 Å². The predicted octanol–water partition coefficient (Wildman–Crippen LogP) is 0.897. The summed E-state index contributed by atoms with van der Waals surface area (Å²) in [5, 5.41) is 8.65. The van der Waals surface area contributed by atoms with E-state index >= 15 is 0 Å². The summed E-state index contributed by atoms with van der Waals surface area (Å²) in [6.07, 6.45) is 0.599. The lowest BCUT2D eigenvalue weighted by atomic mass is 10.1. The number of fused-ring (bicyclic) bond motifs is 1. The monoisotopic (exact) mass is 298 g/mol. The Hall–Kier alpha value is -1.92. The fourth-order valence-corrected chi connectivity index (χ4v) is 2.04. The van der Waals surface area contributed by atoms with E-state index in [4.69, 9.17) is 10.8 Å². The number of hydrogen-bond acceptors (Lipinski definition) is 4. The molecule has 1 heterocycles. The van der Waals surface area contributed by atoms with Gasteiger partial charge in [-0.05, 0) is 25.0 Å². The van der Waals surface area contributed by atoms with E-state index in [0.717, 1.165) is 4.90 Å². The van der Waals surface area contributed by atoms with Gasteiger partial charge in [-0.15, -0.1) is 12.4 Å². The van der Waals surface area contributed by atoms with Gasteiger partial charge in [0, 0.05) is 6.54 Å². The maximum atomic E-state index is 12.0. The van der Waals surface area contributed by atoms with Crippen LogP contribution in [-0.4, -0.2) is 40.4 Å². The molecule has 1 atom stereocenters. The molecule has 1 aromatic carbocycles. The van der Waals surface area contributed by atoms with Crippen LogP contribution < -0.4 is 5.73 Å². The number of hydrogen-bond donors (Lipinski definition) is 2. The fourth-order valence-electron chi connectivity index (χ4n) is 2.04. The van der Waals surface area contributed by atoms with Crippen LogP contribution in [0.1, 0.15) is 33.6 Å². The summed E-state index contributed by atoms with van der Waals surface area (Å²) in [4.78, 5) is 35.6. The van der Waals surface area contributed by atoms with Crippen LogP contribution in [0, 0.1) is 0 Å². The number of carbonyl (C=O) groups excluding carboxylic acids is 2. The van der Waals surface area contributed by atoms with E-state index in [2.05, 4.69) is 0 Å². The van der Waals surface area contributed by atoms with Gasteiger partial charge in [-0.3, -0.25) is 19.3 Å². The van der Waals surface area contributed by atoms with Crippen molar-refractivity contribution in [2.45, 2.75) is 18.9 Å². The zero-order chi connectivity index (χ0) is 14.0. The molecule has 1 aromatic rings. The quantitative estimate of drug-likeness (QED) is 0.786. The summed E-state index contributed by atoms with van der Waals surface area (Å²) in [6.45, 7) is 0.188. The van der Waals surface area contributed by atoms with Crippen LogP contribution in [0.5, 0.6) is 0 Å². The first kappa shape index (κ1) is 16.1. The first-order chi connectivity index (χ1) is 9.02. The van der Waals surface area contributed by atoms with E-state index in [1.54, 1.807) is 24.3 Å². The third-order valence-corrected chi connectivity index (χ3v) is 3.09. The maximum absolute atomic E-state index is 12.0. The lowest BCUT2D eigenvalue weighted by molar-refractivity contribution is -0.138. The smallest absolute Gasteiger partial charge is 0.320 e. The highest BCUT2D eigenvalue weighted by Crippen LogP contribution is 2.22. The van der Waals surface area contributed by atoms with Gasteiger partial charge in [0.05, 0.1) is 11.1 Å². The largest absolute Gasteiger partial charge is 0.480 e. The van der Waals surface area contributed by atoms with Crippen molar-refractivity contribution in [3.05, 3.63) is 35.4 Å². The van der Waals surface area contributed by atoms with E-state index in [-0.39, 0.29) is 37.2 Å². The van der Waals surface area contributed by atoms with E-state index < -0.39 is 12.0 Å². The molecule has 0 saturated carbocycles. The minimum absolute atomic E-state index is 0. The number of carbonyl (C=O) groups is 3. The fraction of sp³-hybridized carbons (Fsp3) is 0.308. The van der Waals surface area contributed by atoms with E-state index in [1.807, 2.05) is 0 Å². The van der Waals surface area contributed by atoms with Crippen molar-refractivity contribution < 1.29 is 19.5 Å². The molecule has 0 fully saturated rings. The molecule has 2 amide bonds. The average Bonchev–Trinajstić information content (AvgIpc) is 2.64. The topological polar surface area (TPSA) is 101 Å². The molecule has 7 heteroatoms. The Morgan fingerprint density at radius 1 is 1.20 bits per heavy atom. The SMILES string of the molecule is Cl.N[C@@H](CCCN1C(=O)c2ccccc2C1=O)C(=O)O. The molecule has 2 rings (SSSR count). The Bertz CT molecular complexity index is 512. The van der Waals surface area contributed by atoms with E-state index in [1.165, 1.54) is 0 Å². The molecule has 0 unspecified atom stereocenters. The molecule has 6 nitrogen and oxygen atoms in total. The molecule has 0 bridgehead atoms. The highest BCUT2D eigenvalue weighted by atomic mass is 35.5. The lowest BCUT2D eigenvalue weighted by Gasteiger charge is -2.14. The second-order valence-corrected chi connectivity index (χ2v) is 4.39. The molecule has 0 spiro atoms. The third kappa shape index (κ3) is 2.97. The van der Waals surface area contributed by atoms with Gasteiger partial charge in [0.2, 0.25) is 0 Å². The predicted molar refractivity (Wildman–Crippen MR) is 73.9 cm³/mol. The molecule has 20 heavy (non-hydrogen) atoms. The highest BCUT2D eigenvalue weighted by Gasteiger charge is 2.34. The number of nitrogens with zero attached hydrogens (tertiary/aromatic N) is 1. The van der Waals surface area contributed by atoms with Crippen LogP contribution in [0.4, 0.5) is 0 Å². The number of amides is 2. The number of rotatable bonds is 5. The standard InChI is InChI=1S/C13H14N2O4.ClH/c14-10(13(18)19)6-3-7-15-11(16)8-4-1-2-5-9(8)12(15)17;/h1-2,4-5,10H,3,6-7,14H2,(H,18,19);1H/t10-;/m0./s1. The molecule has 0 saturated heterocycles. The number of aliphatic carboxylic acids is 1. The highest BCUT2D eigenvalue weighted by molar-refractivity contribution is 6.21. The summed E-state index contributed by atoms with van der Waals surface area (Å²) in [6, 6.07) is 5.66. The van der Waals surface area contributed by atoms with Gasteiger partial charge in [0.15, 0.2) is 0 Å². The first-order valence-electron chi connectivity index (χ1n) is 5.96. The van der Waals surface area contributed by atoms with Gasteiger partial charge < -0.3 is 10.8 Å². The molecule has 0 aliphatic carbocycles. The number of imide groups is 1. The lowest BCUT2D eigenvalue weighted by Crippen LogP contribution is -2.34. The second-order valence-electron chi connectivity index (χ2n) is 4.39. The average molecular weight is 299 g/mol. The van der Waals surface area contributed by atoms with Gasteiger partial charge in [-0.2, -0.15) is 0 Å². The molecular weight excluding hydrogens is 284 g/mol. The van der Waals surface area contributed by atoms with Crippen molar-refractivity contribution in [2.24, 2.45) is 5.73 Å². The third-order valence-electron chi connectivity index (χ3n) is 3.09. The minimum Gasteiger partial charge on any atom is -0.480 e. The number of halogens is 1. The van der Waals surface area contributed by atoms with Crippen LogP contribution in [-0.2, 0) is 4.79 Å². The zero-order valence-corrected chi connectivity index (χ0v) is 11.4. The van der Waals surface area contributed by atoms with Crippen LogP contribution in [0.25, 0.3) is 0 Å². The number of benzene rings is 1. The second kappa shape index (κ2) is 6.49.